The zero-order valence-electron chi connectivity index (χ0n) is 16.0. The Morgan fingerprint density at radius 2 is 1.85 bits per heavy atom. The molecule has 152 valence electrons. The molecular formula is C18H29N3O5S. The zero-order valence-corrected chi connectivity index (χ0v) is 16.8. The summed E-state index contributed by atoms with van der Waals surface area (Å²) in [6, 6.07) is 8.96. The summed E-state index contributed by atoms with van der Waals surface area (Å²) in [5, 5.41) is 10.6. The van der Waals surface area contributed by atoms with Crippen LogP contribution in [0.25, 0.3) is 0 Å². The molecule has 1 aromatic carbocycles. The highest BCUT2D eigenvalue weighted by atomic mass is 32.2. The second-order valence-electron chi connectivity index (χ2n) is 7.02. The van der Waals surface area contributed by atoms with Crippen molar-refractivity contribution in [1.29, 1.82) is 0 Å². The van der Waals surface area contributed by atoms with Gasteiger partial charge in [-0.25, -0.2) is 13.8 Å². The van der Waals surface area contributed by atoms with Crippen molar-refractivity contribution in [3.63, 3.8) is 0 Å². The van der Waals surface area contributed by atoms with Crippen LogP contribution in [0.1, 0.15) is 39.2 Å². The van der Waals surface area contributed by atoms with E-state index in [-0.39, 0.29) is 12.4 Å². The van der Waals surface area contributed by atoms with Crippen LogP contribution in [0.15, 0.2) is 30.3 Å². The molecule has 27 heavy (non-hydrogen) atoms. The van der Waals surface area contributed by atoms with Crippen LogP contribution in [-0.4, -0.2) is 40.3 Å². The molecule has 0 saturated carbocycles. The lowest BCUT2D eigenvalue weighted by molar-refractivity contribution is 0.0506. The molecule has 9 heteroatoms. The van der Waals surface area contributed by atoms with E-state index in [2.05, 4.69) is 10.6 Å². The fourth-order valence-corrected chi connectivity index (χ4v) is 2.83. The Kier molecular flexibility index (Phi) is 9.81. The van der Waals surface area contributed by atoms with Gasteiger partial charge in [0.15, 0.2) is 0 Å². The van der Waals surface area contributed by atoms with Gasteiger partial charge in [-0.1, -0.05) is 30.3 Å². The maximum atomic E-state index is 11.8. The fourth-order valence-electron chi connectivity index (χ4n) is 2.18. The molecule has 0 spiro atoms. The van der Waals surface area contributed by atoms with Crippen LogP contribution < -0.4 is 15.8 Å². The largest absolute Gasteiger partial charge is 0.445 e. The summed E-state index contributed by atoms with van der Waals surface area (Å²) < 4.78 is 21.6. The van der Waals surface area contributed by atoms with Gasteiger partial charge in [-0.3, -0.25) is 5.14 Å². The van der Waals surface area contributed by atoms with Gasteiger partial charge in [-0.05, 0) is 39.2 Å². The Morgan fingerprint density at radius 1 is 1.19 bits per heavy atom. The first-order valence-electron chi connectivity index (χ1n) is 8.72. The SMILES string of the molecule is CC(C)(C)OC(=O)N[C@@H](CCCNC(=O)OCc1ccccc1)CS(N)=O. The molecule has 2 amide bonds. The van der Waals surface area contributed by atoms with Crippen LogP contribution >= 0.6 is 0 Å². The lowest BCUT2D eigenvalue weighted by Gasteiger charge is -2.23. The molecule has 1 aromatic rings. The maximum absolute atomic E-state index is 11.8. The second-order valence-corrected chi connectivity index (χ2v) is 8.12. The third-order valence-electron chi connectivity index (χ3n) is 3.30. The molecule has 0 saturated heterocycles. The summed E-state index contributed by atoms with van der Waals surface area (Å²) in [5.41, 5.74) is 0.278. The Hall–Kier alpha value is -2.13. The van der Waals surface area contributed by atoms with Crippen molar-refractivity contribution >= 4 is 23.2 Å². The van der Waals surface area contributed by atoms with Crippen molar-refractivity contribution in [1.82, 2.24) is 10.6 Å². The van der Waals surface area contributed by atoms with Crippen LogP contribution in [0, 0.1) is 0 Å². The van der Waals surface area contributed by atoms with Gasteiger partial charge >= 0.3 is 12.2 Å². The van der Waals surface area contributed by atoms with Crippen molar-refractivity contribution in [3.05, 3.63) is 35.9 Å². The summed E-state index contributed by atoms with van der Waals surface area (Å²) in [4.78, 5) is 23.5. The van der Waals surface area contributed by atoms with Crippen LogP contribution in [0.3, 0.4) is 0 Å². The molecule has 0 bridgehead atoms. The Bertz CT molecular complexity index is 619. The molecule has 0 aliphatic carbocycles. The van der Waals surface area contributed by atoms with E-state index in [1.54, 1.807) is 20.8 Å². The molecule has 1 rings (SSSR count). The molecule has 1 unspecified atom stereocenters. The van der Waals surface area contributed by atoms with E-state index >= 15 is 0 Å². The van der Waals surface area contributed by atoms with Crippen LogP contribution in [0.2, 0.25) is 0 Å². The van der Waals surface area contributed by atoms with Crippen molar-refractivity contribution in [2.24, 2.45) is 5.14 Å². The topological polar surface area (TPSA) is 120 Å². The minimum Gasteiger partial charge on any atom is -0.445 e. The Labute approximate surface area is 162 Å². The number of ether oxygens (including phenoxy) is 2. The van der Waals surface area contributed by atoms with Gasteiger partial charge in [-0.2, -0.15) is 0 Å². The number of nitrogens with two attached hydrogens (primary N) is 1. The lowest BCUT2D eigenvalue weighted by Crippen LogP contribution is -2.43. The quantitative estimate of drug-likeness (QED) is 0.550. The smallest absolute Gasteiger partial charge is 0.407 e. The summed E-state index contributed by atoms with van der Waals surface area (Å²) in [5.74, 6) is 0.109. The van der Waals surface area contributed by atoms with Crippen LogP contribution in [0.4, 0.5) is 9.59 Å². The highest BCUT2D eigenvalue weighted by molar-refractivity contribution is 7.82. The Balaban J connectivity index is 2.30. The van der Waals surface area contributed by atoms with E-state index in [1.165, 1.54) is 0 Å². The van der Waals surface area contributed by atoms with Gasteiger partial charge in [0, 0.05) is 12.6 Å². The number of hydrogen-bond donors (Lipinski definition) is 3. The van der Waals surface area contributed by atoms with Gasteiger partial charge in [0.05, 0.1) is 16.7 Å². The lowest BCUT2D eigenvalue weighted by atomic mass is 10.2. The minimum absolute atomic E-state index is 0.109. The summed E-state index contributed by atoms with van der Waals surface area (Å²) in [6.45, 7) is 5.83. The molecule has 0 heterocycles. The van der Waals surface area contributed by atoms with Gasteiger partial charge in [0.2, 0.25) is 0 Å². The number of carbonyl (C=O) groups excluding carboxylic acids is 2. The number of nitrogens with one attached hydrogen (secondary N) is 2. The first-order chi connectivity index (χ1) is 12.7. The maximum Gasteiger partial charge on any atom is 0.407 e. The number of carbonyl (C=O) groups is 2. The highest BCUT2D eigenvalue weighted by Gasteiger charge is 2.20. The van der Waals surface area contributed by atoms with Crippen molar-refractivity contribution in [3.8, 4) is 0 Å². The first-order valence-corrected chi connectivity index (χ1v) is 10.1. The van der Waals surface area contributed by atoms with E-state index in [4.69, 9.17) is 14.6 Å². The van der Waals surface area contributed by atoms with Gasteiger partial charge in [0.1, 0.15) is 12.2 Å². The predicted octanol–water partition coefficient (Wildman–Crippen LogP) is 2.21. The third-order valence-corrected chi connectivity index (χ3v) is 4.03. The highest BCUT2D eigenvalue weighted by Crippen LogP contribution is 2.08. The van der Waals surface area contributed by atoms with Crippen molar-refractivity contribution in [2.45, 2.75) is 51.9 Å². The molecule has 0 radical (unpaired) electrons. The molecule has 8 nitrogen and oxygen atoms in total. The van der Waals surface area contributed by atoms with Crippen LogP contribution in [-0.2, 0) is 27.1 Å². The van der Waals surface area contributed by atoms with Gasteiger partial charge in [0.25, 0.3) is 0 Å². The first kappa shape index (κ1) is 22.9. The van der Waals surface area contributed by atoms with Crippen molar-refractivity contribution in [2.75, 3.05) is 12.3 Å². The summed E-state index contributed by atoms with van der Waals surface area (Å²) in [7, 11) is -1.56. The monoisotopic (exact) mass is 399 g/mol. The zero-order chi connectivity index (χ0) is 20.3. The molecule has 0 aromatic heterocycles. The van der Waals surface area contributed by atoms with E-state index in [0.29, 0.717) is 19.4 Å². The van der Waals surface area contributed by atoms with E-state index in [0.717, 1.165) is 5.56 Å². The minimum atomic E-state index is -1.56. The molecule has 4 N–H and O–H groups in total. The molecular weight excluding hydrogens is 370 g/mol. The van der Waals surface area contributed by atoms with E-state index in [1.807, 2.05) is 30.3 Å². The number of benzene rings is 1. The Morgan fingerprint density at radius 3 is 2.44 bits per heavy atom. The normalized spacial score (nSPS) is 13.3. The number of hydrogen-bond acceptors (Lipinski definition) is 5. The average molecular weight is 400 g/mol. The fraction of sp³-hybridized carbons (Fsp3) is 0.556. The summed E-state index contributed by atoms with van der Waals surface area (Å²) in [6.07, 6.45) is -0.0646. The van der Waals surface area contributed by atoms with Gasteiger partial charge in [-0.15, -0.1) is 0 Å². The predicted molar refractivity (Wildman–Crippen MR) is 104 cm³/mol. The van der Waals surface area contributed by atoms with Gasteiger partial charge < -0.3 is 20.1 Å². The van der Waals surface area contributed by atoms with Crippen molar-refractivity contribution < 1.29 is 23.3 Å². The van der Waals surface area contributed by atoms with Crippen LogP contribution in [0.5, 0.6) is 0 Å². The molecule has 2 atom stereocenters. The number of amides is 2. The molecule has 0 aliphatic rings. The number of alkyl carbamates (subject to hydrolysis) is 2. The average Bonchev–Trinajstić information content (AvgIpc) is 2.55. The molecule has 0 fully saturated rings. The molecule has 0 aliphatic heterocycles. The van der Waals surface area contributed by atoms with E-state index in [9.17, 15) is 13.8 Å². The second kappa shape index (κ2) is 11.6. The third kappa shape index (κ3) is 12.0. The number of rotatable bonds is 9. The summed E-state index contributed by atoms with van der Waals surface area (Å²) >= 11 is 0. The standard InChI is InChI=1S/C18H29N3O5S/c1-18(2,3)26-17(23)21-15(13-27(19)24)10-7-11-20-16(22)25-12-14-8-5-4-6-9-14/h4-6,8-9,15H,7,10-13,19H2,1-3H3,(H,20,22)(H,21,23)/t15-,27?/m0/s1. The van der Waals surface area contributed by atoms with E-state index < -0.39 is 34.8 Å².